The fourth-order valence-corrected chi connectivity index (χ4v) is 1.50. The number of methoxy groups -OCH3 is 1. The summed E-state index contributed by atoms with van der Waals surface area (Å²) in [5, 5.41) is 13.7. The predicted molar refractivity (Wildman–Crippen MR) is 72.1 cm³/mol. The number of ether oxygens (including phenoxy) is 1. The van der Waals surface area contributed by atoms with Crippen LogP contribution in [0.2, 0.25) is 0 Å². The summed E-state index contributed by atoms with van der Waals surface area (Å²) in [6, 6.07) is -1.68. The van der Waals surface area contributed by atoms with Gasteiger partial charge in [0, 0.05) is 26.7 Å². The summed E-state index contributed by atoms with van der Waals surface area (Å²) in [7, 11) is 1.63. The molecule has 0 aromatic carbocycles. The van der Waals surface area contributed by atoms with Gasteiger partial charge in [-0.05, 0) is 25.7 Å². The molecule has 0 rings (SSSR count). The number of carboxylic acids is 1. The van der Waals surface area contributed by atoms with Crippen LogP contribution in [0.25, 0.3) is 0 Å². The van der Waals surface area contributed by atoms with Crippen molar-refractivity contribution in [2.45, 2.75) is 38.1 Å². The Balaban J connectivity index is 3.84. The number of hydrogen-bond donors (Lipinski definition) is 4. The SMILES string of the molecule is COCCCCCNC(=O)N[C@@H](CCC(N)=O)C(=O)O. The molecule has 0 spiro atoms. The summed E-state index contributed by atoms with van der Waals surface area (Å²) >= 11 is 0. The Labute approximate surface area is 118 Å². The average Bonchev–Trinajstić information content (AvgIpc) is 2.38. The third-order valence-corrected chi connectivity index (χ3v) is 2.59. The van der Waals surface area contributed by atoms with E-state index in [0.717, 1.165) is 19.3 Å². The van der Waals surface area contributed by atoms with Gasteiger partial charge in [0.25, 0.3) is 0 Å². The number of aliphatic carboxylic acids is 1. The number of rotatable bonds is 11. The molecular weight excluding hydrogens is 266 g/mol. The molecular formula is C12H23N3O5. The van der Waals surface area contributed by atoms with E-state index in [0.29, 0.717) is 13.2 Å². The first-order valence-corrected chi connectivity index (χ1v) is 6.51. The Morgan fingerprint density at radius 3 is 2.50 bits per heavy atom. The van der Waals surface area contributed by atoms with E-state index in [9.17, 15) is 14.4 Å². The first kappa shape index (κ1) is 18.2. The molecule has 0 heterocycles. The van der Waals surface area contributed by atoms with Crippen LogP contribution in [0.5, 0.6) is 0 Å². The van der Waals surface area contributed by atoms with Crippen molar-refractivity contribution in [3.8, 4) is 0 Å². The summed E-state index contributed by atoms with van der Waals surface area (Å²) in [5.74, 6) is -1.79. The molecule has 0 aliphatic rings. The van der Waals surface area contributed by atoms with Crippen molar-refractivity contribution in [2.75, 3.05) is 20.3 Å². The predicted octanol–water partition coefficient (Wildman–Crippen LogP) is -0.179. The molecule has 0 saturated carbocycles. The van der Waals surface area contributed by atoms with Gasteiger partial charge < -0.3 is 26.2 Å². The van der Waals surface area contributed by atoms with E-state index in [-0.39, 0.29) is 12.8 Å². The second-order valence-corrected chi connectivity index (χ2v) is 4.35. The second-order valence-electron chi connectivity index (χ2n) is 4.35. The van der Waals surface area contributed by atoms with Crippen molar-refractivity contribution in [3.63, 3.8) is 0 Å². The summed E-state index contributed by atoms with van der Waals surface area (Å²) in [6.07, 6.45) is 2.50. The monoisotopic (exact) mass is 289 g/mol. The third kappa shape index (κ3) is 10.1. The lowest BCUT2D eigenvalue weighted by Gasteiger charge is -2.14. The zero-order chi connectivity index (χ0) is 15.4. The lowest BCUT2D eigenvalue weighted by molar-refractivity contribution is -0.139. The first-order chi connectivity index (χ1) is 9.47. The third-order valence-electron chi connectivity index (χ3n) is 2.59. The Kier molecular flexibility index (Phi) is 10.0. The van der Waals surface area contributed by atoms with Gasteiger partial charge in [-0.2, -0.15) is 0 Å². The molecule has 0 aromatic rings. The smallest absolute Gasteiger partial charge is 0.326 e. The minimum absolute atomic E-state index is 0.0219. The number of carbonyl (C=O) groups excluding carboxylic acids is 2. The van der Waals surface area contributed by atoms with E-state index in [2.05, 4.69) is 10.6 Å². The van der Waals surface area contributed by atoms with Gasteiger partial charge in [-0.3, -0.25) is 4.79 Å². The lowest BCUT2D eigenvalue weighted by Crippen LogP contribution is -2.46. The number of urea groups is 1. The van der Waals surface area contributed by atoms with Crippen LogP contribution in [0.15, 0.2) is 0 Å². The van der Waals surface area contributed by atoms with Crippen LogP contribution >= 0.6 is 0 Å². The molecule has 5 N–H and O–H groups in total. The van der Waals surface area contributed by atoms with Crippen molar-refractivity contribution < 1.29 is 24.2 Å². The number of hydrogen-bond acceptors (Lipinski definition) is 4. The number of carboxylic acid groups (broad SMARTS) is 1. The molecule has 116 valence electrons. The summed E-state index contributed by atoms with van der Waals surface area (Å²) in [4.78, 5) is 33.0. The van der Waals surface area contributed by atoms with E-state index in [1.165, 1.54) is 0 Å². The molecule has 0 bridgehead atoms. The molecule has 0 aromatic heterocycles. The maximum Gasteiger partial charge on any atom is 0.326 e. The fraction of sp³-hybridized carbons (Fsp3) is 0.750. The zero-order valence-electron chi connectivity index (χ0n) is 11.7. The number of nitrogens with two attached hydrogens (primary N) is 1. The van der Waals surface area contributed by atoms with Gasteiger partial charge in [0.1, 0.15) is 6.04 Å². The normalized spacial score (nSPS) is 11.7. The van der Waals surface area contributed by atoms with Gasteiger partial charge >= 0.3 is 12.0 Å². The van der Waals surface area contributed by atoms with Gasteiger partial charge in [-0.1, -0.05) is 0 Å². The van der Waals surface area contributed by atoms with Gasteiger partial charge in [0.05, 0.1) is 0 Å². The highest BCUT2D eigenvalue weighted by atomic mass is 16.5. The van der Waals surface area contributed by atoms with E-state index in [4.69, 9.17) is 15.6 Å². The molecule has 0 aliphatic carbocycles. The first-order valence-electron chi connectivity index (χ1n) is 6.51. The van der Waals surface area contributed by atoms with Crippen molar-refractivity contribution >= 4 is 17.9 Å². The van der Waals surface area contributed by atoms with Crippen LogP contribution in [-0.4, -0.2) is 49.3 Å². The van der Waals surface area contributed by atoms with Crippen LogP contribution < -0.4 is 16.4 Å². The molecule has 3 amide bonds. The number of nitrogens with one attached hydrogen (secondary N) is 2. The van der Waals surface area contributed by atoms with Crippen molar-refractivity contribution in [1.82, 2.24) is 10.6 Å². The molecule has 0 unspecified atom stereocenters. The van der Waals surface area contributed by atoms with Crippen LogP contribution in [0.3, 0.4) is 0 Å². The highest BCUT2D eigenvalue weighted by molar-refractivity contribution is 5.83. The number of carbonyl (C=O) groups is 3. The maximum atomic E-state index is 11.5. The quantitative estimate of drug-likeness (QED) is 0.392. The summed E-state index contributed by atoms with van der Waals surface area (Å²) in [5.41, 5.74) is 4.94. The minimum atomic E-state index is -1.19. The molecule has 0 saturated heterocycles. The molecule has 20 heavy (non-hydrogen) atoms. The summed E-state index contributed by atoms with van der Waals surface area (Å²) < 4.78 is 4.89. The second kappa shape index (κ2) is 11.0. The Morgan fingerprint density at radius 1 is 1.25 bits per heavy atom. The van der Waals surface area contributed by atoms with Gasteiger partial charge in [0.2, 0.25) is 5.91 Å². The molecule has 8 heteroatoms. The van der Waals surface area contributed by atoms with Crippen LogP contribution in [0.1, 0.15) is 32.1 Å². The lowest BCUT2D eigenvalue weighted by atomic mass is 10.1. The Morgan fingerprint density at radius 2 is 1.95 bits per heavy atom. The van der Waals surface area contributed by atoms with Crippen molar-refractivity contribution in [1.29, 1.82) is 0 Å². The average molecular weight is 289 g/mol. The standard InChI is InChI=1S/C12H23N3O5/c1-20-8-4-2-3-7-14-12(19)15-9(11(17)18)5-6-10(13)16/h9H,2-8H2,1H3,(H2,13,16)(H,17,18)(H2,14,15,19)/t9-/m0/s1. The molecule has 8 nitrogen and oxygen atoms in total. The Bertz CT molecular complexity index is 322. The van der Waals surface area contributed by atoms with E-state index in [1.807, 2.05) is 0 Å². The topological polar surface area (TPSA) is 131 Å². The fourth-order valence-electron chi connectivity index (χ4n) is 1.50. The minimum Gasteiger partial charge on any atom is -0.480 e. The number of primary amides is 1. The molecule has 1 atom stereocenters. The van der Waals surface area contributed by atoms with Gasteiger partial charge in [0.15, 0.2) is 0 Å². The zero-order valence-corrected chi connectivity index (χ0v) is 11.7. The largest absolute Gasteiger partial charge is 0.480 e. The van der Waals surface area contributed by atoms with E-state index >= 15 is 0 Å². The van der Waals surface area contributed by atoms with Gasteiger partial charge in [-0.15, -0.1) is 0 Å². The molecule has 0 radical (unpaired) electrons. The summed E-state index contributed by atoms with van der Waals surface area (Å²) in [6.45, 7) is 1.14. The van der Waals surface area contributed by atoms with Crippen LogP contribution in [0, 0.1) is 0 Å². The highest BCUT2D eigenvalue weighted by Gasteiger charge is 2.20. The maximum absolute atomic E-state index is 11.5. The molecule has 0 aliphatic heterocycles. The van der Waals surface area contributed by atoms with Gasteiger partial charge in [-0.25, -0.2) is 9.59 Å². The van der Waals surface area contributed by atoms with Crippen LogP contribution in [-0.2, 0) is 14.3 Å². The van der Waals surface area contributed by atoms with Crippen molar-refractivity contribution in [2.24, 2.45) is 5.73 Å². The number of amides is 3. The highest BCUT2D eigenvalue weighted by Crippen LogP contribution is 1.98. The van der Waals surface area contributed by atoms with Crippen molar-refractivity contribution in [3.05, 3.63) is 0 Å². The van der Waals surface area contributed by atoms with Crippen LogP contribution in [0.4, 0.5) is 4.79 Å². The van der Waals surface area contributed by atoms with E-state index in [1.54, 1.807) is 7.11 Å². The van der Waals surface area contributed by atoms with E-state index < -0.39 is 23.9 Å². The Hall–Kier alpha value is -1.83. The molecule has 0 fully saturated rings. The number of unbranched alkanes of at least 4 members (excludes halogenated alkanes) is 2.